The van der Waals surface area contributed by atoms with Crippen LogP contribution in [0.25, 0.3) is 11.3 Å². The molecule has 1 fully saturated rings. The van der Waals surface area contributed by atoms with Gasteiger partial charge in [-0.1, -0.05) is 12.1 Å². The maximum absolute atomic E-state index is 12.6. The van der Waals surface area contributed by atoms with Gasteiger partial charge in [0, 0.05) is 29.9 Å². The molecule has 0 unspecified atom stereocenters. The van der Waals surface area contributed by atoms with Gasteiger partial charge in [-0.25, -0.2) is 0 Å². The van der Waals surface area contributed by atoms with Crippen LogP contribution < -0.4 is 19.7 Å². The fourth-order valence-electron chi connectivity index (χ4n) is 3.77. The summed E-state index contributed by atoms with van der Waals surface area (Å²) in [5.41, 5.74) is 2.87. The number of hydrogen-bond acceptors (Lipinski definition) is 6. The standard InChI is InChI=1S/C23H22N4O3/c28-23(17-7-9-20-21(14-17)30-15-29-20)24-18-6-4-5-16(13-18)19-8-10-22(26-25-19)27-11-2-1-3-12-27/h4-10,13-14H,1-3,11-12,15H2,(H,24,28). The minimum atomic E-state index is -0.211. The van der Waals surface area contributed by atoms with Crippen molar-refractivity contribution in [2.24, 2.45) is 0 Å². The van der Waals surface area contributed by atoms with Crippen molar-refractivity contribution in [2.75, 3.05) is 30.1 Å². The van der Waals surface area contributed by atoms with Crippen LogP contribution in [0.3, 0.4) is 0 Å². The molecule has 0 aliphatic carbocycles. The molecule has 5 rings (SSSR count). The second kappa shape index (κ2) is 8.02. The Morgan fingerprint density at radius 2 is 1.77 bits per heavy atom. The van der Waals surface area contributed by atoms with Crippen molar-refractivity contribution >= 4 is 17.4 Å². The number of hydrogen-bond donors (Lipinski definition) is 1. The van der Waals surface area contributed by atoms with Gasteiger partial charge in [-0.15, -0.1) is 10.2 Å². The van der Waals surface area contributed by atoms with E-state index in [4.69, 9.17) is 9.47 Å². The summed E-state index contributed by atoms with van der Waals surface area (Å²) in [6.07, 6.45) is 3.69. The number of benzene rings is 2. The van der Waals surface area contributed by atoms with Gasteiger partial charge in [0.2, 0.25) is 6.79 Å². The maximum atomic E-state index is 12.6. The van der Waals surface area contributed by atoms with Crippen LogP contribution in [0, 0.1) is 0 Å². The quantitative estimate of drug-likeness (QED) is 0.708. The first-order valence-electron chi connectivity index (χ1n) is 10.2. The summed E-state index contributed by atoms with van der Waals surface area (Å²) in [4.78, 5) is 14.9. The average Bonchev–Trinajstić information content (AvgIpc) is 3.28. The van der Waals surface area contributed by atoms with E-state index in [1.165, 1.54) is 19.3 Å². The fraction of sp³-hybridized carbons (Fsp3) is 0.261. The Hall–Kier alpha value is -3.61. The first-order valence-corrected chi connectivity index (χ1v) is 10.2. The highest BCUT2D eigenvalue weighted by atomic mass is 16.7. The second-order valence-corrected chi connectivity index (χ2v) is 7.43. The molecule has 3 aromatic rings. The molecule has 0 radical (unpaired) electrons. The predicted octanol–water partition coefficient (Wildman–Crippen LogP) is 4.11. The number of ether oxygens (including phenoxy) is 2. The number of carbonyl (C=O) groups is 1. The molecule has 1 amide bonds. The number of fused-ring (bicyclic) bond motifs is 1. The smallest absolute Gasteiger partial charge is 0.255 e. The number of carbonyl (C=O) groups excluding carboxylic acids is 1. The van der Waals surface area contributed by atoms with Crippen molar-refractivity contribution in [3.05, 3.63) is 60.2 Å². The highest BCUT2D eigenvalue weighted by molar-refractivity contribution is 6.05. The molecule has 7 nitrogen and oxygen atoms in total. The number of aromatic nitrogens is 2. The number of anilines is 2. The molecular formula is C23H22N4O3. The van der Waals surface area contributed by atoms with Gasteiger partial charge >= 0.3 is 0 Å². The van der Waals surface area contributed by atoms with Gasteiger partial charge in [-0.3, -0.25) is 4.79 Å². The van der Waals surface area contributed by atoms with Crippen LogP contribution in [0.15, 0.2) is 54.6 Å². The summed E-state index contributed by atoms with van der Waals surface area (Å²) in [6.45, 7) is 2.25. The summed E-state index contributed by atoms with van der Waals surface area (Å²) in [6, 6.07) is 16.8. The minimum Gasteiger partial charge on any atom is -0.454 e. The Bertz CT molecular complexity index is 1060. The van der Waals surface area contributed by atoms with E-state index < -0.39 is 0 Å². The summed E-state index contributed by atoms with van der Waals surface area (Å²) >= 11 is 0. The Balaban J connectivity index is 1.31. The van der Waals surface area contributed by atoms with Gasteiger partial charge in [0.1, 0.15) is 0 Å². The van der Waals surface area contributed by atoms with Crippen molar-refractivity contribution in [3.63, 3.8) is 0 Å². The number of nitrogens with one attached hydrogen (secondary N) is 1. The Labute approximate surface area is 174 Å². The van der Waals surface area contributed by atoms with Crippen molar-refractivity contribution in [1.82, 2.24) is 10.2 Å². The van der Waals surface area contributed by atoms with E-state index in [0.717, 1.165) is 30.2 Å². The van der Waals surface area contributed by atoms with Crippen LogP contribution in [-0.4, -0.2) is 36.0 Å². The van der Waals surface area contributed by atoms with Gasteiger partial charge in [0.05, 0.1) is 5.69 Å². The molecule has 2 aliphatic rings. The van der Waals surface area contributed by atoms with Crippen LogP contribution in [0.5, 0.6) is 11.5 Å². The summed E-state index contributed by atoms with van der Waals surface area (Å²) in [5, 5.41) is 11.8. The molecule has 3 heterocycles. The lowest BCUT2D eigenvalue weighted by molar-refractivity contribution is 0.102. The van der Waals surface area contributed by atoms with Gasteiger partial charge in [0.15, 0.2) is 17.3 Å². The minimum absolute atomic E-state index is 0.181. The van der Waals surface area contributed by atoms with E-state index in [1.807, 2.05) is 36.4 Å². The average molecular weight is 402 g/mol. The number of nitrogens with zero attached hydrogens (tertiary/aromatic N) is 3. The maximum Gasteiger partial charge on any atom is 0.255 e. The fourth-order valence-corrected chi connectivity index (χ4v) is 3.77. The van der Waals surface area contributed by atoms with E-state index in [-0.39, 0.29) is 12.7 Å². The number of amides is 1. The predicted molar refractivity (Wildman–Crippen MR) is 114 cm³/mol. The molecule has 2 aliphatic heterocycles. The molecule has 30 heavy (non-hydrogen) atoms. The highest BCUT2D eigenvalue weighted by Crippen LogP contribution is 2.32. The van der Waals surface area contributed by atoms with Gasteiger partial charge in [-0.2, -0.15) is 0 Å². The lowest BCUT2D eigenvalue weighted by atomic mass is 10.1. The molecule has 1 aromatic heterocycles. The molecule has 0 saturated carbocycles. The molecular weight excluding hydrogens is 380 g/mol. The molecule has 1 N–H and O–H groups in total. The monoisotopic (exact) mass is 402 g/mol. The molecule has 152 valence electrons. The third-order valence-corrected chi connectivity index (χ3v) is 5.38. The van der Waals surface area contributed by atoms with Gasteiger partial charge in [-0.05, 0) is 61.7 Å². The third-order valence-electron chi connectivity index (χ3n) is 5.38. The van der Waals surface area contributed by atoms with E-state index in [2.05, 4.69) is 20.4 Å². The topological polar surface area (TPSA) is 76.6 Å². The third kappa shape index (κ3) is 3.78. The van der Waals surface area contributed by atoms with E-state index >= 15 is 0 Å². The summed E-state index contributed by atoms with van der Waals surface area (Å²) in [7, 11) is 0. The Kier molecular flexibility index (Phi) is 4.93. The number of piperidine rings is 1. The van der Waals surface area contributed by atoms with Gasteiger partial charge in [0.25, 0.3) is 5.91 Å². The highest BCUT2D eigenvalue weighted by Gasteiger charge is 2.17. The van der Waals surface area contributed by atoms with Crippen molar-refractivity contribution in [3.8, 4) is 22.8 Å². The largest absolute Gasteiger partial charge is 0.454 e. The van der Waals surface area contributed by atoms with E-state index in [0.29, 0.717) is 22.7 Å². The molecule has 0 spiro atoms. The van der Waals surface area contributed by atoms with Crippen LogP contribution in [0.2, 0.25) is 0 Å². The summed E-state index contributed by atoms with van der Waals surface area (Å²) in [5.74, 6) is 1.95. The Morgan fingerprint density at radius 1 is 0.900 bits per heavy atom. The second-order valence-electron chi connectivity index (χ2n) is 7.43. The van der Waals surface area contributed by atoms with Gasteiger partial charge < -0.3 is 19.7 Å². The zero-order valence-electron chi connectivity index (χ0n) is 16.5. The molecule has 0 bridgehead atoms. The van der Waals surface area contributed by atoms with Crippen LogP contribution in [0.1, 0.15) is 29.6 Å². The lowest BCUT2D eigenvalue weighted by Crippen LogP contribution is -2.30. The van der Waals surface area contributed by atoms with Crippen LogP contribution in [0.4, 0.5) is 11.5 Å². The molecule has 2 aromatic carbocycles. The Morgan fingerprint density at radius 3 is 2.60 bits per heavy atom. The van der Waals surface area contributed by atoms with Crippen molar-refractivity contribution < 1.29 is 14.3 Å². The zero-order chi connectivity index (χ0) is 20.3. The first-order chi connectivity index (χ1) is 14.8. The SMILES string of the molecule is O=C(Nc1cccc(-c2ccc(N3CCCCC3)nn2)c1)c1ccc2c(c1)OCO2. The number of rotatable bonds is 4. The molecule has 0 atom stereocenters. The van der Waals surface area contributed by atoms with Crippen LogP contribution >= 0.6 is 0 Å². The molecule has 7 heteroatoms. The lowest BCUT2D eigenvalue weighted by Gasteiger charge is -2.27. The summed E-state index contributed by atoms with van der Waals surface area (Å²) < 4.78 is 10.6. The normalized spacial score (nSPS) is 15.1. The van der Waals surface area contributed by atoms with Crippen molar-refractivity contribution in [2.45, 2.75) is 19.3 Å². The zero-order valence-corrected chi connectivity index (χ0v) is 16.5. The van der Waals surface area contributed by atoms with E-state index in [9.17, 15) is 4.79 Å². The first kappa shape index (κ1) is 18.4. The van der Waals surface area contributed by atoms with Crippen LogP contribution in [-0.2, 0) is 0 Å². The molecule has 1 saturated heterocycles. The van der Waals surface area contributed by atoms with Crippen molar-refractivity contribution in [1.29, 1.82) is 0 Å². The van der Waals surface area contributed by atoms with E-state index in [1.54, 1.807) is 18.2 Å².